The number of rotatable bonds is 1. The van der Waals surface area contributed by atoms with Gasteiger partial charge in [-0.15, -0.1) is 0 Å². The summed E-state index contributed by atoms with van der Waals surface area (Å²) in [6.07, 6.45) is -4.45. The molecule has 1 aromatic heterocycles. The van der Waals surface area contributed by atoms with Crippen LogP contribution in [0, 0.1) is 3.57 Å². The normalized spacial score (nSPS) is 11.8. The first-order valence-corrected chi connectivity index (χ1v) is 7.30. The topological polar surface area (TPSA) is 45.8 Å². The molecule has 0 saturated carbocycles. The molecular weight excluding hydrogens is 408 g/mol. The first-order chi connectivity index (χ1) is 10.4. The van der Waals surface area contributed by atoms with Crippen molar-refractivity contribution in [3.63, 3.8) is 0 Å². The number of nitrogens with one attached hydrogen (secondary N) is 1. The van der Waals surface area contributed by atoms with Gasteiger partial charge in [0.25, 0.3) is 5.56 Å². The molecule has 22 heavy (non-hydrogen) atoms. The van der Waals surface area contributed by atoms with E-state index in [1.807, 2.05) is 22.6 Å². The minimum absolute atomic E-state index is 0.124. The highest BCUT2D eigenvalue weighted by molar-refractivity contribution is 14.1. The van der Waals surface area contributed by atoms with Gasteiger partial charge in [-0.2, -0.15) is 13.2 Å². The summed E-state index contributed by atoms with van der Waals surface area (Å²) in [6, 6.07) is 10.0. The predicted molar refractivity (Wildman–Crippen MR) is 85.5 cm³/mol. The fourth-order valence-electron chi connectivity index (χ4n) is 2.10. The number of halogens is 4. The fraction of sp³-hybridized carbons (Fsp3) is 0.0667. The number of hydrogen-bond acceptors (Lipinski definition) is 2. The molecule has 0 fully saturated rings. The lowest BCUT2D eigenvalue weighted by atomic mass is 10.1. The van der Waals surface area contributed by atoms with E-state index in [1.54, 1.807) is 24.3 Å². The van der Waals surface area contributed by atoms with Gasteiger partial charge in [0.2, 0.25) is 0 Å². The number of alkyl halides is 3. The van der Waals surface area contributed by atoms with Crippen molar-refractivity contribution in [3.8, 4) is 11.4 Å². The average Bonchev–Trinajstić information content (AvgIpc) is 2.46. The summed E-state index contributed by atoms with van der Waals surface area (Å²) in [5.74, 6) is 0.124. The van der Waals surface area contributed by atoms with Crippen LogP contribution in [-0.4, -0.2) is 9.97 Å². The third kappa shape index (κ3) is 2.72. The lowest BCUT2D eigenvalue weighted by molar-refractivity contribution is -0.137. The van der Waals surface area contributed by atoms with Crippen molar-refractivity contribution in [2.75, 3.05) is 0 Å². The largest absolute Gasteiger partial charge is 0.416 e. The number of benzene rings is 2. The van der Waals surface area contributed by atoms with Crippen molar-refractivity contribution < 1.29 is 13.2 Å². The van der Waals surface area contributed by atoms with E-state index in [1.165, 1.54) is 6.07 Å². The quantitative estimate of drug-likeness (QED) is 0.605. The maximum Gasteiger partial charge on any atom is 0.416 e. The number of para-hydroxylation sites is 1. The van der Waals surface area contributed by atoms with Crippen molar-refractivity contribution in [2.45, 2.75) is 6.18 Å². The van der Waals surface area contributed by atoms with E-state index in [0.29, 0.717) is 14.5 Å². The van der Waals surface area contributed by atoms with Crippen LogP contribution >= 0.6 is 22.6 Å². The van der Waals surface area contributed by atoms with Gasteiger partial charge in [0.05, 0.1) is 16.5 Å². The molecular formula is C15H8F3IN2O. The molecule has 0 unspecified atom stereocenters. The van der Waals surface area contributed by atoms with Crippen LogP contribution < -0.4 is 5.56 Å². The Morgan fingerprint density at radius 2 is 1.82 bits per heavy atom. The molecule has 0 amide bonds. The summed E-state index contributed by atoms with van der Waals surface area (Å²) in [5.41, 5.74) is -0.472. The van der Waals surface area contributed by atoms with Gasteiger partial charge in [0.15, 0.2) is 0 Å². The summed E-state index contributed by atoms with van der Waals surface area (Å²) in [7, 11) is 0. The van der Waals surface area contributed by atoms with Gasteiger partial charge >= 0.3 is 6.18 Å². The van der Waals surface area contributed by atoms with Gasteiger partial charge in [-0.1, -0.05) is 12.1 Å². The molecule has 0 spiro atoms. The smallest absolute Gasteiger partial charge is 0.306 e. The maximum atomic E-state index is 12.9. The SMILES string of the molecule is O=c1[nH]c(-c2cc(C(F)(F)F)ccc2I)nc2ccccc12. The molecule has 3 rings (SSSR count). The molecule has 1 N–H and O–H groups in total. The molecule has 1 heterocycles. The van der Waals surface area contributed by atoms with E-state index in [2.05, 4.69) is 9.97 Å². The van der Waals surface area contributed by atoms with Gasteiger partial charge in [0, 0.05) is 9.13 Å². The first kappa shape index (κ1) is 15.0. The Morgan fingerprint density at radius 1 is 1.09 bits per heavy atom. The minimum atomic E-state index is -4.45. The number of aromatic nitrogens is 2. The van der Waals surface area contributed by atoms with E-state index in [9.17, 15) is 18.0 Å². The van der Waals surface area contributed by atoms with E-state index in [-0.39, 0.29) is 16.9 Å². The van der Waals surface area contributed by atoms with Gasteiger partial charge in [-0.25, -0.2) is 4.98 Å². The Kier molecular flexibility index (Phi) is 3.67. The molecule has 3 nitrogen and oxygen atoms in total. The second-order valence-electron chi connectivity index (χ2n) is 4.62. The Hall–Kier alpha value is -1.90. The van der Waals surface area contributed by atoms with Crippen LogP contribution in [0.25, 0.3) is 22.3 Å². The Morgan fingerprint density at radius 3 is 2.55 bits per heavy atom. The van der Waals surface area contributed by atoms with E-state index in [0.717, 1.165) is 12.1 Å². The van der Waals surface area contributed by atoms with Crippen molar-refractivity contribution in [1.29, 1.82) is 0 Å². The molecule has 0 saturated heterocycles. The fourth-order valence-corrected chi connectivity index (χ4v) is 2.69. The van der Waals surface area contributed by atoms with Gasteiger partial charge in [-0.3, -0.25) is 4.79 Å². The van der Waals surface area contributed by atoms with Gasteiger partial charge < -0.3 is 4.98 Å². The van der Waals surface area contributed by atoms with Crippen LogP contribution in [0.1, 0.15) is 5.56 Å². The standard InChI is InChI=1S/C15H8F3IN2O/c16-15(17,18)8-5-6-11(19)10(7-8)13-20-12-4-2-1-3-9(12)14(22)21-13/h1-7H,(H,20,21,22). The molecule has 0 radical (unpaired) electrons. The molecule has 0 atom stereocenters. The van der Waals surface area contributed by atoms with E-state index >= 15 is 0 Å². The molecule has 7 heteroatoms. The Bertz CT molecular complexity index is 919. The predicted octanol–water partition coefficient (Wildman–Crippen LogP) is 4.21. The van der Waals surface area contributed by atoms with Gasteiger partial charge in [0.1, 0.15) is 5.82 Å². The van der Waals surface area contributed by atoms with Crippen molar-refractivity contribution in [3.05, 3.63) is 62.0 Å². The van der Waals surface area contributed by atoms with Crippen molar-refractivity contribution in [1.82, 2.24) is 9.97 Å². The average molecular weight is 416 g/mol. The first-order valence-electron chi connectivity index (χ1n) is 6.22. The molecule has 3 aromatic rings. The van der Waals surface area contributed by atoms with Crippen molar-refractivity contribution in [2.24, 2.45) is 0 Å². The number of hydrogen-bond donors (Lipinski definition) is 1. The van der Waals surface area contributed by atoms with E-state index in [4.69, 9.17) is 0 Å². The number of fused-ring (bicyclic) bond motifs is 1. The zero-order valence-electron chi connectivity index (χ0n) is 10.9. The summed E-state index contributed by atoms with van der Waals surface area (Å²) in [5, 5.41) is 0.397. The third-order valence-corrected chi connectivity index (χ3v) is 4.10. The molecule has 0 bridgehead atoms. The minimum Gasteiger partial charge on any atom is -0.306 e. The second-order valence-corrected chi connectivity index (χ2v) is 5.79. The molecule has 2 aromatic carbocycles. The monoisotopic (exact) mass is 416 g/mol. The van der Waals surface area contributed by atoms with Crippen LogP contribution in [0.3, 0.4) is 0 Å². The summed E-state index contributed by atoms with van der Waals surface area (Å²) < 4.78 is 39.1. The highest BCUT2D eigenvalue weighted by Gasteiger charge is 2.31. The summed E-state index contributed by atoms with van der Waals surface area (Å²) in [4.78, 5) is 18.9. The molecule has 0 aliphatic carbocycles. The van der Waals surface area contributed by atoms with Crippen LogP contribution in [-0.2, 0) is 6.18 Å². The van der Waals surface area contributed by atoms with Crippen LogP contribution in [0.2, 0.25) is 0 Å². The van der Waals surface area contributed by atoms with Crippen LogP contribution in [0.4, 0.5) is 13.2 Å². The van der Waals surface area contributed by atoms with Gasteiger partial charge in [-0.05, 0) is 52.9 Å². The lowest BCUT2D eigenvalue weighted by Crippen LogP contribution is -2.11. The van der Waals surface area contributed by atoms with Crippen LogP contribution in [0.15, 0.2) is 47.3 Å². The maximum absolute atomic E-state index is 12.9. The highest BCUT2D eigenvalue weighted by atomic mass is 127. The number of aromatic amines is 1. The Balaban J connectivity index is 2.25. The molecule has 0 aliphatic rings. The lowest BCUT2D eigenvalue weighted by Gasteiger charge is -2.10. The molecule has 112 valence electrons. The number of H-pyrrole nitrogens is 1. The Labute approximate surface area is 136 Å². The zero-order chi connectivity index (χ0) is 15.9. The summed E-state index contributed by atoms with van der Waals surface area (Å²) >= 11 is 1.91. The molecule has 0 aliphatic heterocycles. The zero-order valence-corrected chi connectivity index (χ0v) is 13.1. The van der Waals surface area contributed by atoms with Crippen molar-refractivity contribution >= 4 is 33.5 Å². The second kappa shape index (κ2) is 5.38. The highest BCUT2D eigenvalue weighted by Crippen LogP contribution is 2.33. The summed E-state index contributed by atoms with van der Waals surface area (Å²) in [6.45, 7) is 0. The van der Waals surface area contributed by atoms with Crippen LogP contribution in [0.5, 0.6) is 0 Å². The van der Waals surface area contributed by atoms with E-state index < -0.39 is 11.7 Å². The third-order valence-electron chi connectivity index (χ3n) is 3.16. The number of nitrogens with zero attached hydrogens (tertiary/aromatic N) is 1.